The van der Waals surface area contributed by atoms with E-state index in [9.17, 15) is 14.4 Å². The number of rotatable bonds is 7. The molecule has 1 aliphatic rings. The van der Waals surface area contributed by atoms with Crippen LogP contribution < -0.4 is 16.1 Å². The van der Waals surface area contributed by atoms with E-state index < -0.39 is 17.6 Å². The van der Waals surface area contributed by atoms with Crippen LogP contribution in [0.15, 0.2) is 33.5 Å². The second-order valence-corrected chi connectivity index (χ2v) is 6.79. The summed E-state index contributed by atoms with van der Waals surface area (Å²) in [5.74, 6) is -0.344. The number of benzene rings is 1. The van der Waals surface area contributed by atoms with Crippen LogP contribution in [0.2, 0.25) is 0 Å². The Balaban J connectivity index is 1.73. The van der Waals surface area contributed by atoms with E-state index in [2.05, 4.69) is 6.92 Å². The molecule has 0 aliphatic carbocycles. The van der Waals surface area contributed by atoms with Crippen LogP contribution in [0.25, 0.3) is 11.0 Å². The van der Waals surface area contributed by atoms with Gasteiger partial charge in [-0.05, 0) is 43.4 Å². The van der Waals surface area contributed by atoms with E-state index >= 15 is 0 Å². The van der Waals surface area contributed by atoms with Crippen molar-refractivity contribution in [1.82, 2.24) is 4.90 Å². The Morgan fingerprint density at radius 1 is 1.33 bits per heavy atom. The fraction of sp³-hybridized carbons (Fsp3) is 0.450. The van der Waals surface area contributed by atoms with Gasteiger partial charge >= 0.3 is 5.63 Å². The van der Waals surface area contributed by atoms with E-state index in [0.717, 1.165) is 36.6 Å². The molecule has 7 heteroatoms. The van der Waals surface area contributed by atoms with Crippen LogP contribution in [0, 0.1) is 0 Å². The van der Waals surface area contributed by atoms with Crippen molar-refractivity contribution in [3.05, 3.63) is 40.2 Å². The summed E-state index contributed by atoms with van der Waals surface area (Å²) >= 11 is 0. The van der Waals surface area contributed by atoms with Gasteiger partial charge in [0, 0.05) is 24.1 Å². The number of nitrogens with zero attached hydrogens (tertiary/aromatic N) is 1. The van der Waals surface area contributed by atoms with Gasteiger partial charge in [0.05, 0.1) is 0 Å². The zero-order valence-corrected chi connectivity index (χ0v) is 15.4. The molecule has 0 bridgehead atoms. The van der Waals surface area contributed by atoms with Crippen molar-refractivity contribution in [3.8, 4) is 5.75 Å². The molecule has 1 aliphatic heterocycles. The molecule has 3 rings (SSSR count). The zero-order chi connectivity index (χ0) is 19.4. The Labute approximate surface area is 157 Å². The number of hydrogen-bond acceptors (Lipinski definition) is 5. The summed E-state index contributed by atoms with van der Waals surface area (Å²) in [7, 11) is 0. The summed E-state index contributed by atoms with van der Waals surface area (Å²) in [6.07, 6.45) is 4.17. The Hall–Kier alpha value is -2.83. The van der Waals surface area contributed by atoms with Gasteiger partial charge in [-0.2, -0.15) is 0 Å². The molecule has 1 atom stereocenters. The maximum atomic E-state index is 12.3. The SMILES string of the molecule is CCCCc1cc(=O)oc2cc(OCC(=O)N3CCC[C@H]3C(N)=O)ccc12. The van der Waals surface area contributed by atoms with Crippen molar-refractivity contribution in [1.29, 1.82) is 0 Å². The smallest absolute Gasteiger partial charge is 0.336 e. The first-order chi connectivity index (χ1) is 13.0. The number of unbranched alkanes of at least 4 members (excludes halogenated alkanes) is 1. The Morgan fingerprint density at radius 3 is 2.89 bits per heavy atom. The molecule has 1 aromatic heterocycles. The highest BCUT2D eigenvalue weighted by molar-refractivity contribution is 5.88. The number of amides is 2. The number of carbonyl (C=O) groups excluding carboxylic acids is 2. The molecule has 2 heterocycles. The van der Waals surface area contributed by atoms with Gasteiger partial charge in [0.25, 0.3) is 5.91 Å². The Bertz CT molecular complexity index is 905. The number of ether oxygens (including phenoxy) is 1. The van der Waals surface area contributed by atoms with Gasteiger partial charge in [-0.15, -0.1) is 0 Å². The number of nitrogens with two attached hydrogens (primary N) is 1. The predicted octanol–water partition coefficient (Wildman–Crippen LogP) is 1.99. The number of hydrogen-bond donors (Lipinski definition) is 1. The molecule has 2 amide bonds. The molecule has 0 radical (unpaired) electrons. The molecule has 1 saturated heterocycles. The number of carbonyl (C=O) groups is 2. The lowest BCUT2D eigenvalue weighted by Gasteiger charge is -2.22. The monoisotopic (exact) mass is 372 g/mol. The number of primary amides is 1. The molecule has 1 fully saturated rings. The first-order valence-corrected chi connectivity index (χ1v) is 9.28. The van der Waals surface area contributed by atoms with Crippen LogP contribution in [-0.2, 0) is 16.0 Å². The van der Waals surface area contributed by atoms with Crippen LogP contribution in [0.5, 0.6) is 5.75 Å². The number of aryl methyl sites for hydroxylation is 1. The lowest BCUT2D eigenvalue weighted by molar-refractivity contribution is -0.138. The third-order valence-corrected chi connectivity index (χ3v) is 4.87. The zero-order valence-electron chi connectivity index (χ0n) is 15.4. The highest BCUT2D eigenvalue weighted by Crippen LogP contribution is 2.24. The standard InChI is InChI=1S/C20H24N2O5/c1-2-3-5-13-10-19(24)27-17-11-14(7-8-15(13)17)26-12-18(23)22-9-4-6-16(22)20(21)25/h7-8,10-11,16H,2-6,9,12H2,1H3,(H2,21,25)/t16-/m0/s1. The minimum Gasteiger partial charge on any atom is -0.484 e. The molecule has 144 valence electrons. The van der Waals surface area contributed by atoms with Crippen molar-refractivity contribution >= 4 is 22.8 Å². The van der Waals surface area contributed by atoms with Gasteiger partial charge in [-0.1, -0.05) is 13.3 Å². The van der Waals surface area contributed by atoms with Gasteiger partial charge in [0.1, 0.15) is 17.4 Å². The van der Waals surface area contributed by atoms with Crippen molar-refractivity contribution in [2.45, 2.75) is 45.1 Å². The second-order valence-electron chi connectivity index (χ2n) is 6.79. The first-order valence-electron chi connectivity index (χ1n) is 9.28. The van der Waals surface area contributed by atoms with E-state index in [1.54, 1.807) is 12.1 Å². The van der Waals surface area contributed by atoms with Crippen molar-refractivity contribution < 1.29 is 18.7 Å². The fourth-order valence-electron chi connectivity index (χ4n) is 3.46. The molecule has 0 unspecified atom stereocenters. The molecule has 0 saturated carbocycles. The van der Waals surface area contributed by atoms with E-state index in [4.69, 9.17) is 14.9 Å². The minimum absolute atomic E-state index is 0.199. The third kappa shape index (κ3) is 4.30. The maximum absolute atomic E-state index is 12.3. The molecule has 2 N–H and O–H groups in total. The average molecular weight is 372 g/mol. The third-order valence-electron chi connectivity index (χ3n) is 4.87. The van der Waals surface area contributed by atoms with E-state index in [1.807, 2.05) is 6.07 Å². The maximum Gasteiger partial charge on any atom is 0.336 e. The van der Waals surface area contributed by atoms with E-state index in [1.165, 1.54) is 11.0 Å². The Kier molecular flexibility index (Phi) is 5.78. The van der Waals surface area contributed by atoms with Crippen LogP contribution in [0.3, 0.4) is 0 Å². The van der Waals surface area contributed by atoms with E-state index in [0.29, 0.717) is 24.3 Å². The van der Waals surface area contributed by atoms with Crippen LogP contribution in [-0.4, -0.2) is 35.9 Å². The molecular formula is C20H24N2O5. The fourth-order valence-corrected chi connectivity index (χ4v) is 3.46. The quantitative estimate of drug-likeness (QED) is 0.749. The number of fused-ring (bicyclic) bond motifs is 1. The summed E-state index contributed by atoms with van der Waals surface area (Å²) in [4.78, 5) is 37.0. The van der Waals surface area contributed by atoms with Crippen LogP contribution in [0.4, 0.5) is 0 Å². The summed E-state index contributed by atoms with van der Waals surface area (Å²) in [6.45, 7) is 2.40. The van der Waals surface area contributed by atoms with Crippen molar-refractivity contribution in [3.63, 3.8) is 0 Å². The van der Waals surface area contributed by atoms with Crippen LogP contribution >= 0.6 is 0 Å². The lowest BCUT2D eigenvalue weighted by atomic mass is 10.0. The van der Waals surface area contributed by atoms with Gasteiger partial charge < -0.3 is 19.8 Å². The first kappa shape index (κ1) is 18.9. The highest BCUT2D eigenvalue weighted by atomic mass is 16.5. The summed E-state index contributed by atoms with van der Waals surface area (Å²) < 4.78 is 10.9. The molecule has 0 spiro atoms. The molecule has 27 heavy (non-hydrogen) atoms. The largest absolute Gasteiger partial charge is 0.484 e. The van der Waals surface area contributed by atoms with E-state index in [-0.39, 0.29) is 12.5 Å². The normalized spacial score (nSPS) is 16.6. The molecular weight excluding hydrogens is 348 g/mol. The molecule has 1 aromatic carbocycles. The van der Waals surface area contributed by atoms with Gasteiger partial charge in [-0.25, -0.2) is 4.79 Å². The van der Waals surface area contributed by atoms with Gasteiger partial charge in [0.15, 0.2) is 6.61 Å². The molecule has 7 nitrogen and oxygen atoms in total. The lowest BCUT2D eigenvalue weighted by Crippen LogP contribution is -2.45. The van der Waals surface area contributed by atoms with Crippen molar-refractivity contribution in [2.24, 2.45) is 5.73 Å². The molecule has 2 aromatic rings. The minimum atomic E-state index is -0.558. The van der Waals surface area contributed by atoms with Gasteiger partial charge in [-0.3, -0.25) is 9.59 Å². The predicted molar refractivity (Wildman–Crippen MR) is 101 cm³/mol. The summed E-state index contributed by atoms with van der Waals surface area (Å²) in [6, 6.07) is 6.18. The van der Waals surface area contributed by atoms with Crippen molar-refractivity contribution in [2.75, 3.05) is 13.2 Å². The van der Waals surface area contributed by atoms with Crippen LogP contribution in [0.1, 0.15) is 38.2 Å². The average Bonchev–Trinajstić information content (AvgIpc) is 3.14. The second kappa shape index (κ2) is 8.24. The topological polar surface area (TPSA) is 103 Å². The summed E-state index contributed by atoms with van der Waals surface area (Å²) in [5.41, 5.74) is 6.33. The van der Waals surface area contributed by atoms with Gasteiger partial charge in [0.2, 0.25) is 5.91 Å². The highest BCUT2D eigenvalue weighted by Gasteiger charge is 2.32. The number of likely N-dealkylation sites (tertiary alicyclic amines) is 1. The summed E-state index contributed by atoms with van der Waals surface area (Å²) in [5, 5.41) is 0.870. The Morgan fingerprint density at radius 2 is 2.15 bits per heavy atom.